The lowest BCUT2D eigenvalue weighted by molar-refractivity contribution is 0.104. The Bertz CT molecular complexity index is 358. The number of benzene rings is 1. The summed E-state index contributed by atoms with van der Waals surface area (Å²) in [6.07, 6.45) is 3.19. The second-order valence-corrected chi connectivity index (χ2v) is 3.81. The summed E-state index contributed by atoms with van der Waals surface area (Å²) in [6.45, 7) is 1.80. The van der Waals surface area contributed by atoms with Crippen molar-refractivity contribution in [1.29, 1.82) is 0 Å². The van der Waals surface area contributed by atoms with Gasteiger partial charge in [-0.2, -0.15) is 0 Å². The highest BCUT2D eigenvalue weighted by Gasteiger charge is 2.06. The maximum Gasteiger partial charge on any atom is 0.187 e. The predicted octanol–water partition coefficient (Wildman–Crippen LogP) is 3.86. The highest BCUT2D eigenvalue weighted by Crippen LogP contribution is 2.21. The van der Waals surface area contributed by atoms with E-state index in [4.69, 9.17) is 11.6 Å². The fourth-order valence-corrected chi connectivity index (χ4v) is 1.70. The molecule has 0 bridgehead atoms. The molecule has 0 heterocycles. The summed E-state index contributed by atoms with van der Waals surface area (Å²) in [5, 5.41) is 0.470. The fourth-order valence-electron chi connectivity index (χ4n) is 0.930. The van der Waals surface area contributed by atoms with Crippen molar-refractivity contribution in [3.63, 3.8) is 0 Å². The molecular weight excluding hydrogens is 251 g/mol. The van der Waals surface area contributed by atoms with Crippen molar-refractivity contribution in [3.05, 3.63) is 45.4 Å². The lowest BCUT2D eigenvalue weighted by Gasteiger charge is -1.99. The Balaban J connectivity index is 3.09. The van der Waals surface area contributed by atoms with E-state index in [0.717, 1.165) is 4.47 Å². The molecule has 0 spiro atoms. The molecule has 0 saturated carbocycles. The SMILES string of the molecule is CC=CC(=O)c1ccc(Br)cc1Cl. The van der Waals surface area contributed by atoms with E-state index in [1.165, 1.54) is 6.08 Å². The van der Waals surface area contributed by atoms with E-state index >= 15 is 0 Å². The number of carbonyl (C=O) groups is 1. The number of allylic oxidation sites excluding steroid dienone is 2. The minimum Gasteiger partial charge on any atom is -0.289 e. The molecule has 0 radical (unpaired) electrons. The summed E-state index contributed by atoms with van der Waals surface area (Å²) in [5.41, 5.74) is 0.531. The first-order valence-electron chi connectivity index (χ1n) is 3.77. The number of hydrogen-bond donors (Lipinski definition) is 0. The average molecular weight is 260 g/mol. The van der Waals surface area contributed by atoms with E-state index in [-0.39, 0.29) is 5.78 Å². The minimum absolute atomic E-state index is 0.0694. The van der Waals surface area contributed by atoms with Gasteiger partial charge in [0.2, 0.25) is 0 Å². The standard InChI is InChI=1S/C10H8BrClO/c1-2-3-10(13)8-5-4-7(11)6-9(8)12/h2-6H,1H3. The molecule has 13 heavy (non-hydrogen) atoms. The summed E-state index contributed by atoms with van der Waals surface area (Å²) in [5.74, 6) is -0.0694. The molecule has 0 aliphatic rings. The number of halogens is 2. The first-order chi connectivity index (χ1) is 6.15. The fraction of sp³-hybridized carbons (Fsp3) is 0.100. The van der Waals surface area contributed by atoms with Crippen molar-refractivity contribution in [1.82, 2.24) is 0 Å². The molecule has 0 fully saturated rings. The third-order valence-electron chi connectivity index (χ3n) is 1.51. The van der Waals surface area contributed by atoms with Gasteiger partial charge in [-0.15, -0.1) is 0 Å². The predicted molar refractivity (Wildman–Crippen MR) is 58.3 cm³/mol. The van der Waals surface area contributed by atoms with E-state index in [1.807, 2.05) is 0 Å². The monoisotopic (exact) mass is 258 g/mol. The molecule has 1 aromatic rings. The van der Waals surface area contributed by atoms with Crippen LogP contribution >= 0.6 is 27.5 Å². The summed E-state index contributed by atoms with van der Waals surface area (Å²) in [6, 6.07) is 5.20. The van der Waals surface area contributed by atoms with Gasteiger partial charge >= 0.3 is 0 Å². The summed E-state index contributed by atoms with van der Waals surface area (Å²) in [7, 11) is 0. The maximum absolute atomic E-state index is 11.4. The molecule has 0 atom stereocenters. The van der Waals surface area contributed by atoms with Crippen LogP contribution in [-0.2, 0) is 0 Å². The quantitative estimate of drug-likeness (QED) is 0.582. The molecule has 0 saturated heterocycles. The second-order valence-electron chi connectivity index (χ2n) is 2.49. The maximum atomic E-state index is 11.4. The lowest BCUT2D eigenvalue weighted by Crippen LogP contribution is -1.94. The van der Waals surface area contributed by atoms with Crippen LogP contribution in [0.5, 0.6) is 0 Å². The lowest BCUT2D eigenvalue weighted by atomic mass is 10.1. The van der Waals surface area contributed by atoms with Gasteiger partial charge in [0.05, 0.1) is 5.02 Å². The number of rotatable bonds is 2. The molecule has 1 aromatic carbocycles. The third kappa shape index (κ3) is 2.68. The van der Waals surface area contributed by atoms with Gasteiger partial charge in [0.25, 0.3) is 0 Å². The van der Waals surface area contributed by atoms with E-state index in [1.54, 1.807) is 31.2 Å². The van der Waals surface area contributed by atoms with Gasteiger partial charge in [0.15, 0.2) is 5.78 Å². The van der Waals surface area contributed by atoms with Crippen molar-refractivity contribution < 1.29 is 4.79 Å². The Kier molecular flexibility index (Phi) is 3.70. The zero-order valence-electron chi connectivity index (χ0n) is 7.05. The van der Waals surface area contributed by atoms with Crippen LogP contribution in [0, 0.1) is 0 Å². The first kappa shape index (κ1) is 10.5. The normalized spacial score (nSPS) is 10.7. The van der Waals surface area contributed by atoms with Crippen LogP contribution in [0.25, 0.3) is 0 Å². The van der Waals surface area contributed by atoms with Crippen LogP contribution in [0.2, 0.25) is 5.02 Å². The van der Waals surface area contributed by atoms with Gasteiger partial charge in [0, 0.05) is 10.0 Å². The molecule has 1 nitrogen and oxygen atoms in total. The molecule has 0 aromatic heterocycles. The molecular formula is C10H8BrClO. The van der Waals surface area contributed by atoms with Gasteiger partial charge < -0.3 is 0 Å². The Morgan fingerprint density at radius 2 is 2.23 bits per heavy atom. The number of hydrogen-bond acceptors (Lipinski definition) is 1. The van der Waals surface area contributed by atoms with Gasteiger partial charge in [-0.3, -0.25) is 4.79 Å². The van der Waals surface area contributed by atoms with Crippen LogP contribution in [0.15, 0.2) is 34.8 Å². The van der Waals surface area contributed by atoms with E-state index in [2.05, 4.69) is 15.9 Å². The molecule has 0 N–H and O–H groups in total. The molecule has 68 valence electrons. The second kappa shape index (κ2) is 4.58. The molecule has 0 aliphatic heterocycles. The van der Waals surface area contributed by atoms with Crippen LogP contribution in [0.4, 0.5) is 0 Å². The van der Waals surface area contributed by atoms with Gasteiger partial charge in [-0.05, 0) is 31.2 Å². The molecule has 0 amide bonds. The molecule has 3 heteroatoms. The number of carbonyl (C=O) groups excluding carboxylic acids is 1. The first-order valence-corrected chi connectivity index (χ1v) is 4.94. The topological polar surface area (TPSA) is 17.1 Å². The minimum atomic E-state index is -0.0694. The van der Waals surface area contributed by atoms with E-state index in [0.29, 0.717) is 10.6 Å². The Morgan fingerprint density at radius 1 is 1.54 bits per heavy atom. The van der Waals surface area contributed by atoms with Crippen LogP contribution in [0.3, 0.4) is 0 Å². The third-order valence-corrected chi connectivity index (χ3v) is 2.32. The summed E-state index contributed by atoms with van der Waals surface area (Å²) < 4.78 is 0.870. The zero-order valence-corrected chi connectivity index (χ0v) is 9.39. The molecule has 0 unspecified atom stereocenters. The largest absolute Gasteiger partial charge is 0.289 e. The number of ketones is 1. The van der Waals surface area contributed by atoms with Crippen molar-refractivity contribution in [2.24, 2.45) is 0 Å². The Hall–Kier alpha value is -0.600. The van der Waals surface area contributed by atoms with Crippen molar-refractivity contribution >= 4 is 33.3 Å². The van der Waals surface area contributed by atoms with Crippen molar-refractivity contribution in [3.8, 4) is 0 Å². The van der Waals surface area contributed by atoms with Crippen molar-refractivity contribution in [2.45, 2.75) is 6.92 Å². The van der Waals surface area contributed by atoms with Crippen LogP contribution < -0.4 is 0 Å². The smallest absolute Gasteiger partial charge is 0.187 e. The van der Waals surface area contributed by atoms with Crippen LogP contribution in [-0.4, -0.2) is 5.78 Å². The van der Waals surface area contributed by atoms with Gasteiger partial charge in [-0.25, -0.2) is 0 Å². The summed E-state index contributed by atoms with van der Waals surface area (Å²) >= 11 is 9.15. The highest BCUT2D eigenvalue weighted by atomic mass is 79.9. The molecule has 1 rings (SSSR count). The zero-order chi connectivity index (χ0) is 9.84. The van der Waals surface area contributed by atoms with Gasteiger partial charge in [-0.1, -0.05) is 33.6 Å². The van der Waals surface area contributed by atoms with Crippen LogP contribution in [0.1, 0.15) is 17.3 Å². The summed E-state index contributed by atoms with van der Waals surface area (Å²) in [4.78, 5) is 11.4. The van der Waals surface area contributed by atoms with Gasteiger partial charge in [0.1, 0.15) is 0 Å². The van der Waals surface area contributed by atoms with E-state index in [9.17, 15) is 4.79 Å². The molecule has 0 aliphatic carbocycles. The van der Waals surface area contributed by atoms with Crippen molar-refractivity contribution in [2.75, 3.05) is 0 Å². The average Bonchev–Trinajstić information content (AvgIpc) is 2.04. The highest BCUT2D eigenvalue weighted by molar-refractivity contribution is 9.10. The Labute approximate surface area is 90.5 Å². The van der Waals surface area contributed by atoms with E-state index < -0.39 is 0 Å². The Morgan fingerprint density at radius 3 is 2.77 bits per heavy atom.